The molecule has 1 aliphatic rings. The zero-order valence-corrected chi connectivity index (χ0v) is 16.2. The van der Waals surface area contributed by atoms with Crippen LogP contribution in [0.4, 0.5) is 19.3 Å². The number of hydrogen-bond donors (Lipinski definition) is 2. The summed E-state index contributed by atoms with van der Waals surface area (Å²) in [5.74, 6) is 0.208. The molecule has 0 aliphatic carbocycles. The van der Waals surface area contributed by atoms with E-state index in [2.05, 4.69) is 15.3 Å². The normalized spacial score (nSPS) is 22.1. The van der Waals surface area contributed by atoms with E-state index in [4.69, 9.17) is 10.5 Å². The zero-order valence-electron chi connectivity index (χ0n) is 15.4. The van der Waals surface area contributed by atoms with Crippen molar-refractivity contribution in [3.05, 3.63) is 53.7 Å². The Morgan fingerprint density at radius 3 is 2.86 bits per heavy atom. The van der Waals surface area contributed by atoms with Crippen LogP contribution in [0.3, 0.4) is 0 Å². The highest BCUT2D eigenvalue weighted by Gasteiger charge is 2.32. The summed E-state index contributed by atoms with van der Waals surface area (Å²) in [5, 5.41) is 2.58. The lowest BCUT2D eigenvalue weighted by atomic mass is 9.89. The van der Waals surface area contributed by atoms with E-state index >= 15 is 0 Å². The average molecular weight is 406 g/mol. The van der Waals surface area contributed by atoms with Crippen molar-refractivity contribution >= 4 is 29.4 Å². The molecule has 0 saturated heterocycles. The molecule has 0 spiro atoms. The second kappa shape index (κ2) is 8.14. The summed E-state index contributed by atoms with van der Waals surface area (Å²) in [4.78, 5) is 20.3. The van der Waals surface area contributed by atoms with E-state index in [1.54, 1.807) is 11.8 Å². The molecule has 1 aromatic heterocycles. The van der Waals surface area contributed by atoms with Crippen molar-refractivity contribution in [1.82, 2.24) is 4.98 Å². The van der Waals surface area contributed by atoms with E-state index in [0.29, 0.717) is 23.5 Å². The number of nitrogens with one attached hydrogen (secondary N) is 1. The first-order valence-electron chi connectivity index (χ1n) is 8.64. The lowest BCUT2D eigenvalue weighted by molar-refractivity contribution is 0.213. The van der Waals surface area contributed by atoms with Gasteiger partial charge in [0.1, 0.15) is 17.5 Å². The Bertz CT molecular complexity index is 907. The van der Waals surface area contributed by atoms with Crippen LogP contribution in [-0.2, 0) is 5.54 Å². The van der Waals surface area contributed by atoms with Gasteiger partial charge in [0.25, 0.3) is 0 Å². The Balaban J connectivity index is 1.81. The monoisotopic (exact) mass is 406 g/mol. The smallest absolute Gasteiger partial charge is 0.391 e. The van der Waals surface area contributed by atoms with Crippen LogP contribution in [-0.4, -0.2) is 27.9 Å². The molecule has 9 heteroatoms. The molecule has 2 heterocycles. The molecule has 1 aliphatic heterocycles. The van der Waals surface area contributed by atoms with E-state index < -0.39 is 23.3 Å². The van der Waals surface area contributed by atoms with Gasteiger partial charge in [-0.15, -0.1) is 0 Å². The predicted octanol–water partition coefficient (Wildman–Crippen LogP) is 4.07. The highest BCUT2D eigenvalue weighted by molar-refractivity contribution is 8.00. The number of rotatable bonds is 3. The number of aromatic nitrogens is 1. The van der Waals surface area contributed by atoms with Gasteiger partial charge in [-0.25, -0.2) is 18.6 Å². The van der Waals surface area contributed by atoms with Gasteiger partial charge in [0, 0.05) is 17.3 Å². The van der Waals surface area contributed by atoms with E-state index in [1.165, 1.54) is 24.3 Å². The Morgan fingerprint density at radius 1 is 1.36 bits per heavy atom. The SMILES string of the molecule is C[C@@H]1SCCC(C)(c2cc(NC(=O)Oc3ccc(F)cn3)ccc2F)N=C1N. The van der Waals surface area contributed by atoms with Crippen LogP contribution in [0, 0.1) is 11.6 Å². The van der Waals surface area contributed by atoms with Crippen LogP contribution in [0.1, 0.15) is 25.8 Å². The molecule has 2 atom stereocenters. The molecule has 0 radical (unpaired) electrons. The van der Waals surface area contributed by atoms with Gasteiger partial charge >= 0.3 is 6.09 Å². The molecule has 3 N–H and O–H groups in total. The topological polar surface area (TPSA) is 89.6 Å². The number of amides is 1. The lowest BCUT2D eigenvalue weighted by Crippen LogP contribution is -2.28. The molecule has 28 heavy (non-hydrogen) atoms. The first-order chi connectivity index (χ1) is 13.3. The van der Waals surface area contributed by atoms with Gasteiger partial charge in [-0.3, -0.25) is 10.3 Å². The van der Waals surface area contributed by atoms with Crippen molar-refractivity contribution in [3.63, 3.8) is 0 Å². The molecular formula is C19H20F2N4O2S. The Labute approximate surface area is 165 Å². The third kappa shape index (κ3) is 4.59. The van der Waals surface area contributed by atoms with Crippen LogP contribution in [0.15, 0.2) is 41.5 Å². The maximum atomic E-state index is 14.6. The average Bonchev–Trinajstić information content (AvgIpc) is 2.77. The molecule has 0 fully saturated rings. The number of aliphatic imine (C=N–C) groups is 1. The maximum absolute atomic E-state index is 14.6. The van der Waals surface area contributed by atoms with Gasteiger partial charge in [-0.1, -0.05) is 0 Å². The summed E-state index contributed by atoms with van der Waals surface area (Å²) < 4.78 is 32.4. The largest absolute Gasteiger partial charge is 0.418 e. The molecule has 148 valence electrons. The number of hydrogen-bond acceptors (Lipinski definition) is 6. The third-order valence-electron chi connectivity index (χ3n) is 4.44. The van der Waals surface area contributed by atoms with E-state index in [0.717, 1.165) is 18.0 Å². The fourth-order valence-corrected chi connectivity index (χ4v) is 3.92. The predicted molar refractivity (Wildman–Crippen MR) is 106 cm³/mol. The minimum absolute atomic E-state index is 0.0552. The summed E-state index contributed by atoms with van der Waals surface area (Å²) in [6.07, 6.45) is 0.717. The van der Waals surface area contributed by atoms with E-state index in [-0.39, 0.29) is 11.1 Å². The number of amidine groups is 1. The zero-order chi connectivity index (χ0) is 20.3. The third-order valence-corrected chi connectivity index (χ3v) is 5.62. The summed E-state index contributed by atoms with van der Waals surface area (Å²) >= 11 is 1.67. The number of nitrogens with zero attached hydrogens (tertiary/aromatic N) is 2. The number of pyridine rings is 1. The number of nitrogens with two attached hydrogens (primary N) is 1. The van der Waals surface area contributed by atoms with Crippen LogP contribution < -0.4 is 15.8 Å². The number of carbonyl (C=O) groups excluding carboxylic acids is 1. The number of benzene rings is 1. The van der Waals surface area contributed by atoms with Crippen molar-refractivity contribution in [2.45, 2.75) is 31.1 Å². The van der Waals surface area contributed by atoms with Crippen molar-refractivity contribution in [2.75, 3.05) is 11.1 Å². The van der Waals surface area contributed by atoms with Gasteiger partial charge in [0.15, 0.2) is 0 Å². The second-order valence-electron chi connectivity index (χ2n) is 6.60. The van der Waals surface area contributed by atoms with Crippen LogP contribution >= 0.6 is 11.8 Å². The summed E-state index contributed by atoms with van der Waals surface area (Å²) in [7, 11) is 0. The molecule has 1 unspecified atom stereocenters. The highest BCUT2D eigenvalue weighted by Crippen LogP contribution is 2.37. The van der Waals surface area contributed by atoms with Gasteiger partial charge in [0.05, 0.1) is 17.0 Å². The van der Waals surface area contributed by atoms with Crippen molar-refractivity contribution in [3.8, 4) is 5.88 Å². The van der Waals surface area contributed by atoms with Crippen LogP contribution in [0.25, 0.3) is 0 Å². The minimum Gasteiger partial charge on any atom is -0.391 e. The highest BCUT2D eigenvalue weighted by atomic mass is 32.2. The molecule has 1 amide bonds. The van der Waals surface area contributed by atoms with E-state index in [9.17, 15) is 13.6 Å². The molecule has 2 aromatic rings. The quantitative estimate of drug-likeness (QED) is 0.802. The number of thioether (sulfide) groups is 1. The fraction of sp³-hybridized carbons (Fsp3) is 0.316. The molecule has 0 saturated carbocycles. The minimum atomic E-state index is -0.841. The van der Waals surface area contributed by atoms with Crippen LogP contribution in [0.2, 0.25) is 0 Å². The first-order valence-corrected chi connectivity index (χ1v) is 9.69. The Kier molecular flexibility index (Phi) is 5.83. The number of carbonyl (C=O) groups is 1. The van der Waals surface area contributed by atoms with Crippen molar-refractivity contribution in [1.29, 1.82) is 0 Å². The first kappa shape index (κ1) is 20.1. The molecule has 6 nitrogen and oxygen atoms in total. The standard InChI is InChI=1S/C19H20F2N4O2S/c1-11-17(22)25-19(2,7-8-28-11)14-9-13(4-5-15(14)21)24-18(26)27-16-6-3-12(20)10-23-16/h3-6,9-11H,7-8H2,1-2H3,(H2,22,25)(H,24,26)/t11-,19?/m0/s1. The number of ether oxygens (including phenoxy) is 1. The lowest BCUT2D eigenvalue weighted by Gasteiger charge is -2.26. The van der Waals surface area contributed by atoms with Gasteiger partial charge < -0.3 is 10.5 Å². The van der Waals surface area contributed by atoms with Crippen molar-refractivity contribution in [2.24, 2.45) is 10.7 Å². The molecular weight excluding hydrogens is 386 g/mol. The Hall–Kier alpha value is -2.68. The number of halogens is 2. The van der Waals surface area contributed by atoms with Gasteiger partial charge in [0.2, 0.25) is 5.88 Å². The summed E-state index contributed by atoms with van der Waals surface area (Å²) in [6.45, 7) is 3.78. The summed E-state index contributed by atoms with van der Waals surface area (Å²) in [5.41, 5.74) is 5.87. The molecule has 0 bridgehead atoms. The van der Waals surface area contributed by atoms with Gasteiger partial charge in [-0.2, -0.15) is 11.8 Å². The second-order valence-corrected chi connectivity index (χ2v) is 8.05. The summed E-state index contributed by atoms with van der Waals surface area (Å²) in [6, 6.07) is 6.56. The van der Waals surface area contributed by atoms with E-state index in [1.807, 2.05) is 13.8 Å². The number of anilines is 1. The molecule has 3 rings (SSSR count). The maximum Gasteiger partial charge on any atom is 0.418 e. The molecule has 1 aromatic carbocycles. The Morgan fingerprint density at radius 2 is 2.14 bits per heavy atom. The van der Waals surface area contributed by atoms with Crippen LogP contribution in [0.5, 0.6) is 5.88 Å². The van der Waals surface area contributed by atoms with Gasteiger partial charge in [-0.05, 0) is 50.3 Å². The van der Waals surface area contributed by atoms with Crippen molar-refractivity contribution < 1.29 is 18.3 Å². The fourth-order valence-electron chi connectivity index (χ4n) is 2.82.